The first kappa shape index (κ1) is 10.4. The van der Waals surface area contributed by atoms with Crippen molar-refractivity contribution in [2.24, 2.45) is 0 Å². The van der Waals surface area contributed by atoms with Gasteiger partial charge in [0.1, 0.15) is 0 Å². The van der Waals surface area contributed by atoms with Crippen LogP contribution in [0.4, 0.5) is 0 Å². The average Bonchev–Trinajstić information content (AvgIpc) is 2.03. The van der Waals surface area contributed by atoms with Gasteiger partial charge in [-0.25, -0.2) is 0 Å². The number of allylic oxidation sites excluding steroid dienone is 3. The van der Waals surface area contributed by atoms with Gasteiger partial charge in [0.15, 0.2) is 0 Å². The predicted octanol–water partition coefficient (Wildman–Crippen LogP) is 2.51. The first-order valence-corrected chi connectivity index (χ1v) is 4.37. The van der Waals surface area contributed by atoms with Crippen LogP contribution in [0.1, 0.15) is 27.2 Å². The summed E-state index contributed by atoms with van der Waals surface area (Å²) >= 11 is 0. The molecule has 0 aromatic rings. The van der Waals surface area contributed by atoms with E-state index in [4.69, 9.17) is 0 Å². The summed E-state index contributed by atoms with van der Waals surface area (Å²) in [5.74, 6) is 0. The minimum absolute atomic E-state index is 0.990. The van der Waals surface area contributed by atoms with Gasteiger partial charge in [0, 0.05) is 6.54 Å². The van der Waals surface area contributed by atoms with E-state index in [2.05, 4.69) is 44.3 Å². The number of rotatable bonds is 5. The van der Waals surface area contributed by atoms with Crippen LogP contribution in [0.25, 0.3) is 0 Å². The lowest BCUT2D eigenvalue weighted by Gasteiger charge is -1.98. The van der Waals surface area contributed by atoms with Crippen molar-refractivity contribution >= 4 is 0 Å². The minimum Gasteiger partial charge on any atom is -0.314 e. The van der Waals surface area contributed by atoms with Crippen LogP contribution in [0.2, 0.25) is 0 Å². The van der Waals surface area contributed by atoms with Crippen molar-refractivity contribution in [2.45, 2.75) is 27.2 Å². The SMILES string of the molecule is C/C=C\C(=C/CNCC)CC. The number of nitrogens with one attached hydrogen (secondary N) is 1. The van der Waals surface area contributed by atoms with Crippen molar-refractivity contribution < 1.29 is 0 Å². The van der Waals surface area contributed by atoms with Crippen LogP contribution in [0.3, 0.4) is 0 Å². The normalized spacial score (nSPS) is 12.8. The Hall–Kier alpha value is -0.560. The van der Waals surface area contributed by atoms with Crippen LogP contribution in [-0.4, -0.2) is 13.1 Å². The minimum atomic E-state index is 0.990. The maximum atomic E-state index is 3.26. The summed E-state index contributed by atoms with van der Waals surface area (Å²) in [7, 11) is 0. The first-order valence-electron chi connectivity index (χ1n) is 4.37. The topological polar surface area (TPSA) is 12.0 Å². The summed E-state index contributed by atoms with van der Waals surface area (Å²) in [6, 6.07) is 0. The molecule has 0 atom stereocenters. The quantitative estimate of drug-likeness (QED) is 0.472. The molecule has 11 heavy (non-hydrogen) atoms. The summed E-state index contributed by atoms with van der Waals surface area (Å²) in [5, 5.41) is 3.26. The fourth-order valence-electron chi connectivity index (χ4n) is 0.892. The molecule has 0 radical (unpaired) electrons. The molecule has 1 N–H and O–H groups in total. The Morgan fingerprint density at radius 1 is 1.36 bits per heavy atom. The van der Waals surface area contributed by atoms with Crippen LogP contribution >= 0.6 is 0 Å². The maximum Gasteiger partial charge on any atom is 0.0140 e. The molecule has 0 unspecified atom stereocenters. The molecule has 0 spiro atoms. The van der Waals surface area contributed by atoms with Crippen molar-refractivity contribution in [3.05, 3.63) is 23.8 Å². The van der Waals surface area contributed by atoms with Gasteiger partial charge in [-0.2, -0.15) is 0 Å². The zero-order valence-corrected chi connectivity index (χ0v) is 7.85. The van der Waals surface area contributed by atoms with Crippen molar-refractivity contribution in [3.63, 3.8) is 0 Å². The van der Waals surface area contributed by atoms with Crippen molar-refractivity contribution in [3.8, 4) is 0 Å². The second kappa shape index (κ2) is 7.55. The average molecular weight is 153 g/mol. The standard InChI is InChI=1S/C10H19N/c1-4-7-10(5-2)8-9-11-6-3/h4,7-8,11H,5-6,9H2,1-3H3/b7-4-,10-8-. The number of hydrogen-bond acceptors (Lipinski definition) is 1. The second-order valence-electron chi connectivity index (χ2n) is 2.44. The Bertz CT molecular complexity index is 134. The smallest absolute Gasteiger partial charge is 0.0140 e. The molecule has 0 bridgehead atoms. The Morgan fingerprint density at radius 3 is 2.55 bits per heavy atom. The molecule has 0 aliphatic rings. The third-order valence-corrected chi connectivity index (χ3v) is 1.55. The molecule has 1 nitrogen and oxygen atoms in total. The van der Waals surface area contributed by atoms with E-state index in [1.54, 1.807) is 0 Å². The van der Waals surface area contributed by atoms with Crippen molar-refractivity contribution in [2.75, 3.05) is 13.1 Å². The van der Waals surface area contributed by atoms with Gasteiger partial charge in [0.05, 0.1) is 0 Å². The number of likely N-dealkylation sites (N-methyl/N-ethyl adjacent to an activating group) is 1. The summed E-state index contributed by atoms with van der Waals surface area (Å²) in [6.07, 6.45) is 7.61. The monoisotopic (exact) mass is 153 g/mol. The molecule has 0 amide bonds. The zero-order valence-electron chi connectivity index (χ0n) is 7.85. The van der Waals surface area contributed by atoms with E-state index in [1.807, 2.05) is 0 Å². The van der Waals surface area contributed by atoms with Crippen molar-refractivity contribution in [1.82, 2.24) is 5.32 Å². The second-order valence-corrected chi connectivity index (χ2v) is 2.44. The molecule has 0 aliphatic carbocycles. The highest BCUT2D eigenvalue weighted by Crippen LogP contribution is 2.00. The Morgan fingerprint density at radius 2 is 2.09 bits per heavy atom. The molecule has 0 saturated heterocycles. The maximum absolute atomic E-state index is 3.26. The molecule has 0 aromatic carbocycles. The summed E-state index contributed by atoms with van der Waals surface area (Å²) in [6.45, 7) is 8.39. The lowest BCUT2D eigenvalue weighted by molar-refractivity contribution is 0.795. The van der Waals surface area contributed by atoms with Crippen LogP contribution in [-0.2, 0) is 0 Å². The lowest BCUT2D eigenvalue weighted by Crippen LogP contribution is -2.12. The summed E-state index contributed by atoms with van der Waals surface area (Å²) in [5.41, 5.74) is 1.41. The van der Waals surface area contributed by atoms with Gasteiger partial charge in [-0.15, -0.1) is 0 Å². The van der Waals surface area contributed by atoms with Crippen LogP contribution in [0, 0.1) is 0 Å². The third kappa shape index (κ3) is 5.86. The van der Waals surface area contributed by atoms with E-state index in [-0.39, 0.29) is 0 Å². The van der Waals surface area contributed by atoms with Crippen molar-refractivity contribution in [1.29, 1.82) is 0 Å². The van der Waals surface area contributed by atoms with E-state index >= 15 is 0 Å². The highest BCUT2D eigenvalue weighted by atomic mass is 14.8. The van der Waals surface area contributed by atoms with E-state index in [0.29, 0.717) is 0 Å². The molecule has 0 aromatic heterocycles. The Kier molecular flexibility index (Phi) is 7.16. The van der Waals surface area contributed by atoms with Gasteiger partial charge in [-0.3, -0.25) is 0 Å². The highest BCUT2D eigenvalue weighted by molar-refractivity contribution is 5.17. The third-order valence-electron chi connectivity index (χ3n) is 1.55. The Balaban J connectivity index is 3.71. The summed E-state index contributed by atoms with van der Waals surface area (Å²) < 4.78 is 0. The predicted molar refractivity (Wildman–Crippen MR) is 51.7 cm³/mol. The molecular formula is C10H19N. The zero-order chi connectivity index (χ0) is 8.53. The largest absolute Gasteiger partial charge is 0.314 e. The van der Waals surface area contributed by atoms with Crippen LogP contribution in [0.15, 0.2) is 23.8 Å². The van der Waals surface area contributed by atoms with Gasteiger partial charge in [-0.05, 0) is 19.9 Å². The molecule has 0 heterocycles. The molecular weight excluding hydrogens is 134 g/mol. The Labute approximate surface area is 70.2 Å². The van der Waals surface area contributed by atoms with Crippen LogP contribution in [0.5, 0.6) is 0 Å². The molecule has 1 heteroatoms. The molecule has 0 aliphatic heterocycles. The van der Waals surface area contributed by atoms with E-state index in [9.17, 15) is 0 Å². The van der Waals surface area contributed by atoms with Gasteiger partial charge in [0.25, 0.3) is 0 Å². The van der Waals surface area contributed by atoms with E-state index in [0.717, 1.165) is 19.5 Å². The van der Waals surface area contributed by atoms with E-state index < -0.39 is 0 Å². The van der Waals surface area contributed by atoms with Gasteiger partial charge < -0.3 is 5.32 Å². The van der Waals surface area contributed by atoms with Crippen LogP contribution < -0.4 is 5.32 Å². The molecule has 0 saturated carbocycles. The lowest BCUT2D eigenvalue weighted by atomic mass is 10.2. The van der Waals surface area contributed by atoms with Gasteiger partial charge >= 0.3 is 0 Å². The molecule has 64 valence electrons. The first-order chi connectivity index (χ1) is 5.35. The van der Waals surface area contributed by atoms with Gasteiger partial charge in [0.2, 0.25) is 0 Å². The number of hydrogen-bond donors (Lipinski definition) is 1. The van der Waals surface area contributed by atoms with Gasteiger partial charge in [-0.1, -0.05) is 37.6 Å². The molecule has 0 rings (SSSR count). The van der Waals surface area contributed by atoms with E-state index in [1.165, 1.54) is 5.57 Å². The summed E-state index contributed by atoms with van der Waals surface area (Å²) in [4.78, 5) is 0. The molecule has 0 fully saturated rings. The highest BCUT2D eigenvalue weighted by Gasteiger charge is 1.84. The fourth-order valence-corrected chi connectivity index (χ4v) is 0.892. The fraction of sp³-hybridized carbons (Fsp3) is 0.600.